The van der Waals surface area contributed by atoms with Crippen LogP contribution in [0, 0.1) is 5.82 Å². The van der Waals surface area contributed by atoms with E-state index in [1.54, 1.807) is 6.07 Å². The Bertz CT molecular complexity index is 546. The van der Waals surface area contributed by atoms with E-state index < -0.39 is 0 Å². The Morgan fingerprint density at radius 3 is 2.33 bits per heavy atom. The Labute approximate surface area is 106 Å². The van der Waals surface area contributed by atoms with Gasteiger partial charge in [0.2, 0.25) is 11.8 Å². The van der Waals surface area contributed by atoms with E-state index in [0.717, 1.165) is 5.56 Å². The Balaban J connectivity index is 2.51. The second-order valence-electron chi connectivity index (χ2n) is 4.99. The van der Waals surface area contributed by atoms with Gasteiger partial charge in [-0.15, -0.1) is 10.2 Å². The summed E-state index contributed by atoms with van der Waals surface area (Å²) in [5, 5.41) is 7.99. The zero-order chi connectivity index (χ0) is 13.3. The third kappa shape index (κ3) is 2.42. The van der Waals surface area contributed by atoms with Crippen LogP contribution in [0.2, 0.25) is 0 Å². The van der Waals surface area contributed by atoms with Gasteiger partial charge in [0.05, 0.1) is 0 Å². The molecule has 0 unspecified atom stereocenters. The summed E-state index contributed by atoms with van der Waals surface area (Å²) in [5.41, 5.74) is 1.69. The van der Waals surface area contributed by atoms with Crippen LogP contribution < -0.4 is 0 Å². The van der Waals surface area contributed by atoms with E-state index in [2.05, 4.69) is 24.0 Å². The normalized spacial score (nSPS) is 11.5. The lowest BCUT2D eigenvalue weighted by atomic mass is 9.97. The first-order chi connectivity index (χ1) is 8.49. The quantitative estimate of drug-likeness (QED) is 0.820. The molecule has 2 aromatic rings. The number of hydrogen-bond donors (Lipinski definition) is 0. The van der Waals surface area contributed by atoms with Gasteiger partial charge in [-0.3, -0.25) is 0 Å². The minimum absolute atomic E-state index is 0.169. The molecule has 1 heterocycles. The van der Waals surface area contributed by atoms with Gasteiger partial charge in [0, 0.05) is 11.5 Å². The summed E-state index contributed by atoms with van der Waals surface area (Å²) in [6.45, 7) is 8.06. The van der Waals surface area contributed by atoms with Gasteiger partial charge in [-0.1, -0.05) is 33.8 Å². The van der Waals surface area contributed by atoms with E-state index in [-0.39, 0.29) is 17.7 Å². The fourth-order valence-electron chi connectivity index (χ4n) is 1.79. The number of rotatable bonds is 3. The van der Waals surface area contributed by atoms with Crippen molar-refractivity contribution >= 4 is 0 Å². The van der Waals surface area contributed by atoms with Crippen molar-refractivity contribution in [3.05, 3.63) is 35.5 Å². The third-order valence-electron chi connectivity index (χ3n) is 2.80. The van der Waals surface area contributed by atoms with Gasteiger partial charge in [-0.2, -0.15) is 0 Å². The lowest BCUT2D eigenvalue weighted by Crippen LogP contribution is -1.93. The molecule has 3 nitrogen and oxygen atoms in total. The van der Waals surface area contributed by atoms with Crippen LogP contribution in [0.5, 0.6) is 0 Å². The second kappa shape index (κ2) is 4.88. The minimum atomic E-state index is -0.293. The minimum Gasteiger partial charge on any atom is -0.420 e. The van der Waals surface area contributed by atoms with Crippen LogP contribution in [0.15, 0.2) is 22.6 Å². The van der Waals surface area contributed by atoms with Gasteiger partial charge in [0.1, 0.15) is 5.82 Å². The van der Waals surface area contributed by atoms with Crippen molar-refractivity contribution < 1.29 is 8.81 Å². The van der Waals surface area contributed by atoms with Crippen molar-refractivity contribution in [1.29, 1.82) is 0 Å². The van der Waals surface area contributed by atoms with Crippen molar-refractivity contribution in [1.82, 2.24) is 10.2 Å². The zero-order valence-corrected chi connectivity index (χ0v) is 11.1. The van der Waals surface area contributed by atoms with Gasteiger partial charge in [0.15, 0.2) is 0 Å². The topological polar surface area (TPSA) is 38.9 Å². The Morgan fingerprint density at radius 2 is 1.78 bits per heavy atom. The summed E-state index contributed by atoms with van der Waals surface area (Å²) in [6.07, 6.45) is 0. The molecule has 0 aliphatic heterocycles. The fourth-order valence-corrected chi connectivity index (χ4v) is 1.79. The maximum atomic E-state index is 13.4. The zero-order valence-electron chi connectivity index (χ0n) is 11.1. The maximum Gasteiger partial charge on any atom is 0.248 e. The number of nitrogens with zero attached hydrogens (tertiary/aromatic N) is 2. The van der Waals surface area contributed by atoms with E-state index in [0.29, 0.717) is 17.3 Å². The molecule has 96 valence electrons. The monoisotopic (exact) mass is 248 g/mol. The summed E-state index contributed by atoms with van der Waals surface area (Å²) in [7, 11) is 0. The summed E-state index contributed by atoms with van der Waals surface area (Å²) in [4.78, 5) is 0. The smallest absolute Gasteiger partial charge is 0.248 e. The molecule has 2 rings (SSSR count). The number of benzene rings is 1. The van der Waals surface area contributed by atoms with Crippen LogP contribution in [0.3, 0.4) is 0 Å². The highest BCUT2D eigenvalue weighted by Crippen LogP contribution is 2.30. The molecular formula is C14H17FN2O. The van der Waals surface area contributed by atoms with Crippen molar-refractivity contribution in [2.45, 2.75) is 39.5 Å². The van der Waals surface area contributed by atoms with Crippen LogP contribution >= 0.6 is 0 Å². The molecule has 0 aliphatic carbocycles. The molecule has 0 bridgehead atoms. The van der Waals surface area contributed by atoms with E-state index in [1.165, 1.54) is 12.1 Å². The molecule has 0 saturated heterocycles. The van der Waals surface area contributed by atoms with Crippen LogP contribution in [0.4, 0.5) is 4.39 Å². The molecule has 0 atom stereocenters. The Hall–Kier alpha value is -1.71. The molecule has 0 N–H and O–H groups in total. The predicted molar refractivity (Wildman–Crippen MR) is 67.9 cm³/mol. The third-order valence-corrected chi connectivity index (χ3v) is 2.80. The summed E-state index contributed by atoms with van der Waals surface area (Å²) >= 11 is 0. The SMILES string of the molecule is CC(C)c1nnc(-c2cc(F)ccc2C(C)C)o1. The number of hydrogen-bond acceptors (Lipinski definition) is 3. The average Bonchev–Trinajstić information content (AvgIpc) is 2.77. The van der Waals surface area contributed by atoms with Gasteiger partial charge < -0.3 is 4.42 Å². The predicted octanol–water partition coefficient (Wildman–Crippen LogP) is 4.12. The molecule has 0 radical (unpaired) electrons. The van der Waals surface area contributed by atoms with Crippen LogP contribution in [-0.2, 0) is 0 Å². The summed E-state index contributed by atoms with van der Waals surface area (Å²) in [6, 6.07) is 4.68. The molecule has 0 spiro atoms. The van der Waals surface area contributed by atoms with Gasteiger partial charge in [0.25, 0.3) is 0 Å². The molecule has 0 saturated carbocycles. The van der Waals surface area contributed by atoms with Crippen molar-refractivity contribution in [3.8, 4) is 11.5 Å². The van der Waals surface area contributed by atoms with Crippen LogP contribution in [0.25, 0.3) is 11.5 Å². The highest BCUT2D eigenvalue weighted by Gasteiger charge is 2.16. The Kier molecular flexibility index (Phi) is 3.45. The van der Waals surface area contributed by atoms with E-state index in [9.17, 15) is 4.39 Å². The van der Waals surface area contributed by atoms with E-state index in [1.807, 2.05) is 13.8 Å². The maximum absolute atomic E-state index is 13.4. The molecule has 18 heavy (non-hydrogen) atoms. The van der Waals surface area contributed by atoms with Crippen molar-refractivity contribution in [2.24, 2.45) is 0 Å². The summed E-state index contributed by atoms with van der Waals surface area (Å²) in [5.74, 6) is 1.11. The molecule has 0 amide bonds. The lowest BCUT2D eigenvalue weighted by Gasteiger charge is -2.09. The van der Waals surface area contributed by atoms with Gasteiger partial charge in [-0.05, 0) is 23.6 Å². The highest BCUT2D eigenvalue weighted by molar-refractivity contribution is 5.59. The molecule has 0 fully saturated rings. The fraction of sp³-hybridized carbons (Fsp3) is 0.429. The summed E-state index contributed by atoms with van der Waals surface area (Å²) < 4.78 is 19.0. The molecular weight excluding hydrogens is 231 g/mol. The first-order valence-corrected chi connectivity index (χ1v) is 6.12. The molecule has 1 aromatic carbocycles. The highest BCUT2D eigenvalue weighted by atomic mass is 19.1. The van der Waals surface area contributed by atoms with Crippen LogP contribution in [0.1, 0.15) is 51.0 Å². The second-order valence-corrected chi connectivity index (χ2v) is 4.99. The molecule has 0 aliphatic rings. The first kappa shape index (κ1) is 12.7. The average molecular weight is 248 g/mol. The Morgan fingerprint density at radius 1 is 1.06 bits per heavy atom. The number of halogens is 1. The lowest BCUT2D eigenvalue weighted by molar-refractivity contribution is 0.480. The largest absolute Gasteiger partial charge is 0.420 e. The molecule has 1 aromatic heterocycles. The van der Waals surface area contributed by atoms with Gasteiger partial charge in [-0.25, -0.2) is 4.39 Å². The van der Waals surface area contributed by atoms with E-state index >= 15 is 0 Å². The number of aromatic nitrogens is 2. The van der Waals surface area contributed by atoms with E-state index in [4.69, 9.17) is 4.42 Å². The standard InChI is InChI=1S/C14H17FN2O/c1-8(2)11-6-5-10(15)7-12(11)14-17-16-13(18-14)9(3)4/h5-9H,1-4H3. The van der Waals surface area contributed by atoms with Crippen molar-refractivity contribution in [2.75, 3.05) is 0 Å². The first-order valence-electron chi connectivity index (χ1n) is 6.12. The molecule has 4 heteroatoms. The van der Waals surface area contributed by atoms with Gasteiger partial charge >= 0.3 is 0 Å². The van der Waals surface area contributed by atoms with Crippen LogP contribution in [-0.4, -0.2) is 10.2 Å². The van der Waals surface area contributed by atoms with Crippen molar-refractivity contribution in [3.63, 3.8) is 0 Å².